The van der Waals surface area contributed by atoms with E-state index in [1.165, 1.54) is 6.20 Å². The molecule has 1 aliphatic rings. The number of piperidine rings is 1. The zero-order chi connectivity index (χ0) is 20.8. The Morgan fingerprint density at radius 2 is 2.07 bits per heavy atom. The quantitative estimate of drug-likeness (QED) is 0.232. The van der Waals surface area contributed by atoms with E-state index in [1.807, 2.05) is 23.1 Å². The first-order valence-electron chi connectivity index (χ1n) is 9.25. The van der Waals surface area contributed by atoms with Gasteiger partial charge in [0.1, 0.15) is 6.20 Å². The number of nitrogens with one attached hydrogen (secondary N) is 3. The van der Waals surface area contributed by atoms with Crippen molar-refractivity contribution < 1.29 is 4.92 Å². The molecule has 3 rings (SSSR count). The van der Waals surface area contributed by atoms with E-state index in [1.54, 1.807) is 6.07 Å². The van der Waals surface area contributed by atoms with Gasteiger partial charge in [0, 0.05) is 31.2 Å². The van der Waals surface area contributed by atoms with Gasteiger partial charge in [-0.3, -0.25) is 15.5 Å². The second-order valence-corrected chi connectivity index (χ2v) is 7.23. The molecule has 1 fully saturated rings. The molecular formula is C18H23ClN8O2. The maximum Gasteiger partial charge on any atom is 0.329 e. The van der Waals surface area contributed by atoms with Crippen LogP contribution < -0.4 is 16.4 Å². The number of anilines is 2. The number of likely N-dealkylation sites (tertiary alicyclic amines) is 1. The summed E-state index contributed by atoms with van der Waals surface area (Å²) in [6, 6.07) is 7.40. The Labute approximate surface area is 173 Å². The summed E-state index contributed by atoms with van der Waals surface area (Å²) in [5.41, 5.74) is 6.22. The van der Waals surface area contributed by atoms with Crippen molar-refractivity contribution in [3.63, 3.8) is 0 Å². The molecule has 5 N–H and O–H groups in total. The predicted octanol–water partition coefficient (Wildman–Crippen LogP) is 2.67. The zero-order valence-corrected chi connectivity index (χ0v) is 16.5. The van der Waals surface area contributed by atoms with Crippen molar-refractivity contribution in [3.8, 4) is 0 Å². The number of rotatable bonds is 7. The monoisotopic (exact) mass is 418 g/mol. The summed E-state index contributed by atoms with van der Waals surface area (Å²) >= 11 is 6.15. The number of benzene rings is 1. The average Bonchev–Trinajstić information content (AvgIpc) is 2.72. The van der Waals surface area contributed by atoms with Crippen molar-refractivity contribution >= 4 is 35.0 Å². The van der Waals surface area contributed by atoms with Gasteiger partial charge in [0.05, 0.1) is 4.92 Å². The highest BCUT2D eigenvalue weighted by Crippen LogP contribution is 2.25. The number of hydrogen-bond donors (Lipinski definition) is 4. The lowest BCUT2D eigenvalue weighted by Gasteiger charge is -2.32. The van der Waals surface area contributed by atoms with Crippen LogP contribution in [0.1, 0.15) is 18.4 Å². The Bertz CT molecular complexity index is 886. The van der Waals surface area contributed by atoms with E-state index in [2.05, 4.69) is 20.6 Å². The smallest absolute Gasteiger partial charge is 0.329 e. The van der Waals surface area contributed by atoms with E-state index in [4.69, 9.17) is 22.7 Å². The molecular weight excluding hydrogens is 396 g/mol. The molecule has 1 saturated heterocycles. The summed E-state index contributed by atoms with van der Waals surface area (Å²) in [5, 5.41) is 25.6. The molecule has 154 valence electrons. The second kappa shape index (κ2) is 9.37. The van der Waals surface area contributed by atoms with Crippen LogP contribution in [0.3, 0.4) is 0 Å². The first-order valence-corrected chi connectivity index (χ1v) is 9.63. The van der Waals surface area contributed by atoms with Crippen LogP contribution in [-0.4, -0.2) is 45.4 Å². The lowest BCUT2D eigenvalue weighted by molar-refractivity contribution is -0.384. The van der Waals surface area contributed by atoms with Gasteiger partial charge in [-0.05, 0) is 30.4 Å². The van der Waals surface area contributed by atoms with Crippen LogP contribution in [0.15, 0.2) is 30.5 Å². The Kier molecular flexibility index (Phi) is 6.65. The summed E-state index contributed by atoms with van der Waals surface area (Å²) < 4.78 is 0. The highest BCUT2D eigenvalue weighted by Gasteiger charge is 2.22. The molecule has 1 aliphatic heterocycles. The molecule has 1 aromatic heterocycles. The van der Waals surface area contributed by atoms with Gasteiger partial charge in [-0.2, -0.15) is 4.98 Å². The van der Waals surface area contributed by atoms with Gasteiger partial charge in [-0.25, -0.2) is 4.98 Å². The number of nitro groups is 1. The molecule has 2 aromatic rings. The van der Waals surface area contributed by atoms with Crippen molar-refractivity contribution in [2.24, 2.45) is 11.7 Å². The van der Waals surface area contributed by atoms with Crippen molar-refractivity contribution in [2.45, 2.75) is 19.4 Å². The SMILES string of the molecule is N=C(N)N1CCC(CNc2nc(NCc3ccccc3Cl)ncc2[N+](=O)[O-])CC1. The maximum absolute atomic E-state index is 11.3. The second-order valence-electron chi connectivity index (χ2n) is 6.83. The summed E-state index contributed by atoms with van der Waals surface area (Å²) in [5.74, 6) is 0.863. The Morgan fingerprint density at radius 1 is 1.34 bits per heavy atom. The third-order valence-electron chi connectivity index (χ3n) is 4.87. The number of guanidine groups is 1. The number of hydrogen-bond acceptors (Lipinski definition) is 7. The fourth-order valence-corrected chi connectivity index (χ4v) is 3.36. The highest BCUT2D eigenvalue weighted by molar-refractivity contribution is 6.31. The average molecular weight is 419 g/mol. The van der Waals surface area contributed by atoms with E-state index in [-0.39, 0.29) is 23.4 Å². The van der Waals surface area contributed by atoms with Crippen molar-refractivity contribution in [2.75, 3.05) is 30.3 Å². The molecule has 0 atom stereocenters. The van der Waals surface area contributed by atoms with Gasteiger partial charge in [0.25, 0.3) is 0 Å². The largest absolute Gasteiger partial charge is 0.370 e. The van der Waals surface area contributed by atoms with E-state index in [0.717, 1.165) is 18.4 Å². The molecule has 1 aromatic carbocycles. The molecule has 0 spiro atoms. The number of halogens is 1. The Balaban J connectivity index is 1.63. The fraction of sp³-hybridized carbons (Fsp3) is 0.389. The zero-order valence-electron chi connectivity index (χ0n) is 15.8. The van der Waals surface area contributed by atoms with Gasteiger partial charge >= 0.3 is 5.69 Å². The minimum absolute atomic E-state index is 0.0806. The summed E-state index contributed by atoms with van der Waals surface area (Å²) in [7, 11) is 0. The maximum atomic E-state index is 11.3. The van der Waals surface area contributed by atoms with Crippen LogP contribution in [0.2, 0.25) is 5.02 Å². The molecule has 0 bridgehead atoms. The van der Waals surface area contributed by atoms with Crippen LogP contribution in [0, 0.1) is 21.4 Å². The molecule has 0 aliphatic carbocycles. The minimum Gasteiger partial charge on any atom is -0.370 e. The molecule has 2 heterocycles. The van der Waals surface area contributed by atoms with E-state index in [0.29, 0.717) is 37.1 Å². The molecule has 11 heteroatoms. The van der Waals surface area contributed by atoms with E-state index in [9.17, 15) is 10.1 Å². The van der Waals surface area contributed by atoms with Crippen molar-refractivity contribution in [3.05, 3.63) is 51.2 Å². The van der Waals surface area contributed by atoms with E-state index >= 15 is 0 Å². The Morgan fingerprint density at radius 3 is 2.72 bits per heavy atom. The lowest BCUT2D eigenvalue weighted by atomic mass is 9.97. The predicted molar refractivity (Wildman–Crippen MR) is 112 cm³/mol. The minimum atomic E-state index is -0.501. The fourth-order valence-electron chi connectivity index (χ4n) is 3.16. The number of nitrogens with two attached hydrogens (primary N) is 1. The van der Waals surface area contributed by atoms with Crippen molar-refractivity contribution in [1.29, 1.82) is 5.41 Å². The lowest BCUT2D eigenvalue weighted by Crippen LogP contribution is -2.43. The van der Waals surface area contributed by atoms with Gasteiger partial charge in [-0.1, -0.05) is 29.8 Å². The number of aromatic nitrogens is 2. The topological polar surface area (TPSA) is 146 Å². The molecule has 29 heavy (non-hydrogen) atoms. The summed E-state index contributed by atoms with van der Waals surface area (Å²) in [4.78, 5) is 21.0. The normalized spacial score (nSPS) is 14.4. The first kappa shape index (κ1) is 20.6. The van der Waals surface area contributed by atoms with Gasteiger partial charge in [0.2, 0.25) is 11.8 Å². The summed E-state index contributed by atoms with van der Waals surface area (Å²) in [6.07, 6.45) is 2.90. The van der Waals surface area contributed by atoms with Crippen LogP contribution in [-0.2, 0) is 6.54 Å². The van der Waals surface area contributed by atoms with Crippen LogP contribution in [0.25, 0.3) is 0 Å². The highest BCUT2D eigenvalue weighted by atomic mass is 35.5. The molecule has 0 radical (unpaired) electrons. The standard InChI is InChI=1S/C18H23ClN8O2/c19-14-4-2-1-3-13(14)10-23-18-24-11-15(27(28)29)16(25-18)22-9-12-5-7-26(8-6-12)17(20)21/h1-4,11-12H,5-10H2,(H3,20,21)(H2,22,23,24,25). The Hall–Kier alpha value is -3.14. The summed E-state index contributed by atoms with van der Waals surface area (Å²) in [6.45, 7) is 2.37. The van der Waals surface area contributed by atoms with Gasteiger partial charge < -0.3 is 21.3 Å². The molecule has 0 saturated carbocycles. The van der Waals surface area contributed by atoms with Gasteiger partial charge in [-0.15, -0.1) is 0 Å². The third-order valence-corrected chi connectivity index (χ3v) is 5.24. The van der Waals surface area contributed by atoms with Gasteiger partial charge in [0.15, 0.2) is 5.96 Å². The molecule has 10 nitrogen and oxygen atoms in total. The first-order chi connectivity index (χ1) is 13.9. The molecule has 0 unspecified atom stereocenters. The van der Waals surface area contributed by atoms with Crippen LogP contribution in [0.4, 0.5) is 17.5 Å². The van der Waals surface area contributed by atoms with Crippen molar-refractivity contribution in [1.82, 2.24) is 14.9 Å². The third kappa shape index (κ3) is 5.44. The van der Waals surface area contributed by atoms with E-state index < -0.39 is 4.92 Å². The number of nitrogens with zero attached hydrogens (tertiary/aromatic N) is 4. The molecule has 0 amide bonds. The van der Waals surface area contributed by atoms with Crippen LogP contribution >= 0.6 is 11.6 Å². The van der Waals surface area contributed by atoms with Crippen LogP contribution in [0.5, 0.6) is 0 Å².